The molecule has 2 nitrogen and oxygen atoms in total. The van der Waals surface area contributed by atoms with Crippen molar-refractivity contribution < 1.29 is 0 Å². The number of aryl methyl sites for hydroxylation is 1. The number of nitrogens with one attached hydrogen (secondary N) is 1. The predicted octanol–water partition coefficient (Wildman–Crippen LogP) is 2.40. The Hall–Kier alpha value is -1.11. The minimum absolute atomic E-state index is 0.198. The fourth-order valence-corrected chi connectivity index (χ4v) is 1.92. The van der Waals surface area contributed by atoms with Crippen LogP contribution in [0.4, 0.5) is 0 Å². The molecule has 1 aromatic heterocycles. The third-order valence-electron chi connectivity index (χ3n) is 1.64. The molecule has 0 bridgehead atoms. The minimum Gasteiger partial charge on any atom is -0.294 e. The summed E-state index contributed by atoms with van der Waals surface area (Å²) in [5.41, 5.74) is 0. The van der Waals surface area contributed by atoms with E-state index in [4.69, 9.17) is 5.26 Å². The molecular weight excluding hydrogens is 180 g/mol. The molecule has 0 aromatic carbocycles. The third-order valence-corrected chi connectivity index (χ3v) is 2.71. The number of nitrogens with zero attached hydrogens (tertiary/aromatic N) is 1. The van der Waals surface area contributed by atoms with Crippen molar-refractivity contribution in [3.8, 4) is 6.07 Å². The highest BCUT2D eigenvalue weighted by Crippen LogP contribution is 2.21. The molecule has 0 spiro atoms. The zero-order valence-corrected chi connectivity index (χ0v) is 8.40. The first kappa shape index (κ1) is 9.97. The smallest absolute Gasteiger partial charge is 0.130 e. The van der Waals surface area contributed by atoms with Gasteiger partial charge in [-0.05, 0) is 19.1 Å². The van der Waals surface area contributed by atoms with Crippen LogP contribution in [0.3, 0.4) is 0 Å². The van der Waals surface area contributed by atoms with Gasteiger partial charge in [-0.3, -0.25) is 5.32 Å². The van der Waals surface area contributed by atoms with Gasteiger partial charge in [0.25, 0.3) is 0 Å². The van der Waals surface area contributed by atoms with Crippen LogP contribution in [0.2, 0.25) is 0 Å². The lowest BCUT2D eigenvalue weighted by Crippen LogP contribution is -2.18. The molecule has 1 atom stereocenters. The molecule has 0 amide bonds. The van der Waals surface area contributed by atoms with Crippen molar-refractivity contribution in [3.05, 3.63) is 34.5 Å². The summed E-state index contributed by atoms with van der Waals surface area (Å²) in [4.78, 5) is 2.30. The van der Waals surface area contributed by atoms with E-state index in [1.54, 1.807) is 17.4 Å². The lowest BCUT2D eigenvalue weighted by Gasteiger charge is -2.06. The van der Waals surface area contributed by atoms with E-state index in [1.165, 1.54) is 4.88 Å². The van der Waals surface area contributed by atoms with Crippen LogP contribution >= 0.6 is 11.3 Å². The highest BCUT2D eigenvalue weighted by Gasteiger charge is 2.09. The Bertz CT molecular complexity index is 322. The Morgan fingerprint density at radius 3 is 3.00 bits per heavy atom. The molecule has 13 heavy (non-hydrogen) atoms. The fourth-order valence-electron chi connectivity index (χ4n) is 1.02. The number of hydrogen-bond donors (Lipinski definition) is 1. The van der Waals surface area contributed by atoms with Gasteiger partial charge in [0.05, 0.1) is 6.07 Å². The molecule has 0 aliphatic heterocycles. The van der Waals surface area contributed by atoms with Crippen molar-refractivity contribution in [3.63, 3.8) is 0 Å². The highest BCUT2D eigenvalue weighted by atomic mass is 32.1. The summed E-state index contributed by atoms with van der Waals surface area (Å²) in [5.74, 6) is 0. The number of rotatable bonds is 4. The van der Waals surface area contributed by atoms with E-state index < -0.39 is 0 Å². The van der Waals surface area contributed by atoms with Crippen molar-refractivity contribution in [2.75, 3.05) is 6.54 Å². The Labute approximate surface area is 82.5 Å². The van der Waals surface area contributed by atoms with Gasteiger partial charge in [0.1, 0.15) is 6.04 Å². The van der Waals surface area contributed by atoms with E-state index in [2.05, 4.69) is 18.0 Å². The summed E-state index contributed by atoms with van der Waals surface area (Å²) in [6.45, 7) is 6.30. The van der Waals surface area contributed by atoms with Crippen molar-refractivity contribution in [2.24, 2.45) is 0 Å². The molecule has 0 fully saturated rings. The topological polar surface area (TPSA) is 35.8 Å². The molecule has 1 aromatic rings. The van der Waals surface area contributed by atoms with Gasteiger partial charge in [-0.25, -0.2) is 0 Å². The lowest BCUT2D eigenvalue weighted by molar-refractivity contribution is 0.694. The molecule has 3 heteroatoms. The van der Waals surface area contributed by atoms with E-state index in [0.29, 0.717) is 6.54 Å². The van der Waals surface area contributed by atoms with Crippen molar-refractivity contribution in [1.82, 2.24) is 5.32 Å². The van der Waals surface area contributed by atoms with Gasteiger partial charge in [-0.2, -0.15) is 5.26 Å². The molecule has 1 heterocycles. The van der Waals surface area contributed by atoms with Crippen LogP contribution < -0.4 is 5.32 Å². The quantitative estimate of drug-likeness (QED) is 0.743. The fraction of sp³-hybridized carbons (Fsp3) is 0.300. The Kier molecular flexibility index (Phi) is 3.69. The molecule has 68 valence electrons. The van der Waals surface area contributed by atoms with Gasteiger partial charge < -0.3 is 0 Å². The van der Waals surface area contributed by atoms with E-state index >= 15 is 0 Å². The first-order valence-corrected chi connectivity index (χ1v) is 4.90. The van der Waals surface area contributed by atoms with Gasteiger partial charge in [0, 0.05) is 16.3 Å². The van der Waals surface area contributed by atoms with E-state index in [-0.39, 0.29) is 6.04 Å². The van der Waals surface area contributed by atoms with Crippen molar-refractivity contribution in [2.45, 2.75) is 13.0 Å². The summed E-state index contributed by atoms with van der Waals surface area (Å²) >= 11 is 1.65. The molecule has 0 saturated heterocycles. The summed E-state index contributed by atoms with van der Waals surface area (Å²) in [5, 5.41) is 12.0. The van der Waals surface area contributed by atoms with Gasteiger partial charge in [0.15, 0.2) is 0 Å². The first-order valence-electron chi connectivity index (χ1n) is 4.08. The van der Waals surface area contributed by atoms with Crippen molar-refractivity contribution >= 4 is 11.3 Å². The van der Waals surface area contributed by atoms with Crippen LogP contribution in [-0.4, -0.2) is 6.54 Å². The maximum atomic E-state index is 8.88. The van der Waals surface area contributed by atoms with Crippen molar-refractivity contribution in [1.29, 1.82) is 5.26 Å². The van der Waals surface area contributed by atoms with Gasteiger partial charge in [-0.1, -0.05) is 6.08 Å². The third kappa shape index (κ3) is 2.69. The molecule has 0 saturated carbocycles. The monoisotopic (exact) mass is 192 g/mol. The molecule has 1 rings (SSSR count). The van der Waals surface area contributed by atoms with Crippen LogP contribution in [0, 0.1) is 18.3 Å². The average Bonchev–Trinajstić information content (AvgIpc) is 2.54. The molecule has 0 aliphatic rings. The van der Waals surface area contributed by atoms with E-state index in [0.717, 1.165) is 4.88 Å². The summed E-state index contributed by atoms with van der Waals surface area (Å²) < 4.78 is 0. The normalized spacial score (nSPS) is 12.0. The maximum Gasteiger partial charge on any atom is 0.130 e. The van der Waals surface area contributed by atoms with Crippen LogP contribution in [0.5, 0.6) is 0 Å². The summed E-state index contributed by atoms with van der Waals surface area (Å²) in [6, 6.07) is 6.04. The minimum atomic E-state index is -0.198. The summed E-state index contributed by atoms with van der Waals surface area (Å²) in [6.07, 6.45) is 1.75. The van der Waals surface area contributed by atoms with E-state index in [1.807, 2.05) is 19.1 Å². The van der Waals surface area contributed by atoms with Gasteiger partial charge >= 0.3 is 0 Å². The molecule has 0 aliphatic carbocycles. The predicted molar refractivity (Wildman–Crippen MR) is 55.6 cm³/mol. The largest absolute Gasteiger partial charge is 0.294 e. The van der Waals surface area contributed by atoms with Gasteiger partial charge in [0.2, 0.25) is 0 Å². The number of thiophene rings is 1. The van der Waals surface area contributed by atoms with Crippen LogP contribution in [0.25, 0.3) is 0 Å². The first-order chi connectivity index (χ1) is 6.27. The number of nitriles is 1. The second-order valence-electron chi connectivity index (χ2n) is 2.71. The molecule has 1 unspecified atom stereocenters. The second kappa shape index (κ2) is 4.80. The zero-order chi connectivity index (χ0) is 9.68. The van der Waals surface area contributed by atoms with Crippen LogP contribution in [0.1, 0.15) is 15.8 Å². The summed E-state index contributed by atoms with van der Waals surface area (Å²) in [7, 11) is 0. The molecular formula is C10H12N2S. The second-order valence-corrected chi connectivity index (χ2v) is 4.03. The Morgan fingerprint density at radius 1 is 1.77 bits per heavy atom. The Morgan fingerprint density at radius 2 is 2.54 bits per heavy atom. The standard InChI is InChI=1S/C10H12N2S/c1-3-6-12-9(7-11)10-5-4-8(2)13-10/h3-5,9,12H,1,6H2,2H3. The molecule has 0 radical (unpaired) electrons. The van der Waals surface area contributed by atoms with Crippen LogP contribution in [-0.2, 0) is 0 Å². The SMILES string of the molecule is C=CCNC(C#N)c1ccc(C)s1. The maximum absolute atomic E-state index is 8.88. The van der Waals surface area contributed by atoms with Crippen LogP contribution in [0.15, 0.2) is 24.8 Å². The lowest BCUT2D eigenvalue weighted by atomic mass is 10.2. The molecule has 1 N–H and O–H groups in total. The average molecular weight is 192 g/mol. The Balaban J connectivity index is 2.68. The van der Waals surface area contributed by atoms with Gasteiger partial charge in [-0.15, -0.1) is 17.9 Å². The number of hydrogen-bond acceptors (Lipinski definition) is 3. The highest BCUT2D eigenvalue weighted by molar-refractivity contribution is 7.12. The zero-order valence-electron chi connectivity index (χ0n) is 7.58. The van der Waals surface area contributed by atoms with E-state index in [9.17, 15) is 0 Å².